The Morgan fingerprint density at radius 2 is 1.97 bits per heavy atom. The maximum absolute atomic E-state index is 13.3. The monoisotopic (exact) mass is 510 g/mol. The molecule has 34 heavy (non-hydrogen) atoms. The van der Waals surface area contributed by atoms with Crippen LogP contribution in [0.1, 0.15) is 37.7 Å². The number of aliphatic carboxylic acids is 1. The number of nitrogens with zero attached hydrogens (tertiary/aromatic N) is 1. The number of carbonyl (C=O) groups excluding carboxylic acids is 3. The summed E-state index contributed by atoms with van der Waals surface area (Å²) in [6.45, 7) is 0. The molecule has 3 rings (SSSR count). The van der Waals surface area contributed by atoms with Gasteiger partial charge in [0, 0.05) is 22.3 Å². The van der Waals surface area contributed by atoms with Crippen molar-refractivity contribution in [1.82, 2.24) is 10.2 Å². The summed E-state index contributed by atoms with van der Waals surface area (Å²) in [6, 6.07) is 7.43. The van der Waals surface area contributed by atoms with Crippen LogP contribution in [0.15, 0.2) is 30.3 Å². The van der Waals surface area contributed by atoms with Crippen molar-refractivity contribution in [3.63, 3.8) is 0 Å². The summed E-state index contributed by atoms with van der Waals surface area (Å²) in [7, 11) is -0.0805. The van der Waals surface area contributed by atoms with Crippen LogP contribution in [0.2, 0.25) is 0 Å². The lowest BCUT2D eigenvalue weighted by Gasteiger charge is -2.39. The standard InChI is InChI=1S/C23H30N2O7S2/c1-32-20(26)10-12-33-18(14-15-6-3-2-4-7-15)21(27)24-16-11-13-34(31)19-9-5-8-17(23(29)30)25(19)22(16)28/h2-4,6-7,16-19H,5,8-14H2,1H3,(H,24,27)(H,29,30)/t16-,17-,18?,19-,34?/m0/s1. The molecule has 5 atom stereocenters. The number of fused-ring (bicyclic) bond motifs is 1. The number of benzene rings is 1. The summed E-state index contributed by atoms with van der Waals surface area (Å²) in [5, 5.41) is 11.2. The lowest BCUT2D eigenvalue weighted by Crippen LogP contribution is -2.59. The number of ether oxygens (including phenoxy) is 1. The Morgan fingerprint density at radius 1 is 1.24 bits per heavy atom. The molecule has 0 saturated carbocycles. The molecular weight excluding hydrogens is 480 g/mol. The van der Waals surface area contributed by atoms with Crippen LogP contribution in [-0.4, -0.2) is 79.3 Å². The third-order valence-corrected chi connectivity index (χ3v) is 8.98. The van der Waals surface area contributed by atoms with E-state index in [4.69, 9.17) is 0 Å². The first-order valence-corrected chi connectivity index (χ1v) is 13.7. The molecule has 0 aromatic heterocycles. The molecule has 2 heterocycles. The molecule has 9 nitrogen and oxygen atoms in total. The van der Waals surface area contributed by atoms with E-state index in [2.05, 4.69) is 10.1 Å². The van der Waals surface area contributed by atoms with Gasteiger partial charge in [0.15, 0.2) is 0 Å². The van der Waals surface area contributed by atoms with Gasteiger partial charge in [0.2, 0.25) is 11.8 Å². The molecule has 1 aromatic carbocycles. The molecule has 2 aliphatic rings. The van der Waals surface area contributed by atoms with E-state index in [0.29, 0.717) is 31.4 Å². The minimum Gasteiger partial charge on any atom is -0.480 e. The van der Waals surface area contributed by atoms with Crippen molar-refractivity contribution in [2.24, 2.45) is 0 Å². The Morgan fingerprint density at radius 3 is 2.65 bits per heavy atom. The Hall–Kier alpha value is -2.40. The SMILES string of the molecule is COC(=O)CCSC(Cc1ccccc1)C(=O)N[C@H]1CCS(=O)[C@H]2CCC[C@@H](C(=O)O)N2C1=O. The van der Waals surface area contributed by atoms with E-state index in [-0.39, 0.29) is 30.5 Å². The van der Waals surface area contributed by atoms with E-state index in [9.17, 15) is 28.5 Å². The molecule has 186 valence electrons. The summed E-state index contributed by atoms with van der Waals surface area (Å²) in [5.74, 6) is -1.77. The van der Waals surface area contributed by atoms with Crippen LogP contribution in [-0.2, 0) is 41.1 Å². The lowest BCUT2D eigenvalue weighted by molar-refractivity contribution is -0.154. The number of hydrogen-bond acceptors (Lipinski definition) is 7. The van der Waals surface area contributed by atoms with Gasteiger partial charge in [0.25, 0.3) is 0 Å². The van der Waals surface area contributed by atoms with Gasteiger partial charge in [0.1, 0.15) is 17.5 Å². The van der Waals surface area contributed by atoms with E-state index in [1.165, 1.54) is 23.8 Å². The van der Waals surface area contributed by atoms with Crippen LogP contribution in [0.4, 0.5) is 0 Å². The number of thioether (sulfide) groups is 1. The number of carboxylic acids is 1. The van der Waals surface area contributed by atoms with E-state index < -0.39 is 45.4 Å². The highest BCUT2D eigenvalue weighted by molar-refractivity contribution is 8.00. The molecule has 2 aliphatic heterocycles. The Kier molecular flexibility index (Phi) is 9.52. The number of amides is 2. The predicted octanol–water partition coefficient (Wildman–Crippen LogP) is 1.32. The molecule has 11 heteroatoms. The van der Waals surface area contributed by atoms with Crippen LogP contribution >= 0.6 is 11.8 Å². The minimum absolute atomic E-state index is 0.150. The smallest absolute Gasteiger partial charge is 0.326 e. The van der Waals surface area contributed by atoms with E-state index in [1.807, 2.05) is 30.3 Å². The van der Waals surface area contributed by atoms with Crippen molar-refractivity contribution < 1.29 is 33.2 Å². The van der Waals surface area contributed by atoms with Crippen molar-refractivity contribution in [2.45, 2.75) is 61.2 Å². The number of carboxylic acid groups (broad SMARTS) is 1. The van der Waals surface area contributed by atoms with Gasteiger partial charge >= 0.3 is 11.9 Å². The molecule has 0 aliphatic carbocycles. The number of carbonyl (C=O) groups is 4. The molecule has 2 unspecified atom stereocenters. The summed E-state index contributed by atoms with van der Waals surface area (Å²) in [4.78, 5) is 51.1. The maximum Gasteiger partial charge on any atom is 0.326 e. The van der Waals surface area contributed by atoms with Crippen LogP contribution in [0.25, 0.3) is 0 Å². The van der Waals surface area contributed by atoms with Crippen molar-refractivity contribution in [3.05, 3.63) is 35.9 Å². The average Bonchev–Trinajstić information content (AvgIpc) is 2.95. The van der Waals surface area contributed by atoms with Crippen molar-refractivity contribution in [1.29, 1.82) is 0 Å². The molecular formula is C23H30N2O7S2. The fraction of sp³-hybridized carbons (Fsp3) is 0.565. The van der Waals surface area contributed by atoms with Crippen LogP contribution in [0.3, 0.4) is 0 Å². The first-order valence-electron chi connectivity index (χ1n) is 11.3. The summed E-state index contributed by atoms with van der Waals surface area (Å²) >= 11 is 1.30. The Bertz CT molecular complexity index is 927. The van der Waals surface area contributed by atoms with Crippen molar-refractivity contribution >= 4 is 46.3 Å². The fourth-order valence-corrected chi connectivity index (χ4v) is 7.05. The predicted molar refractivity (Wildman–Crippen MR) is 128 cm³/mol. The first-order chi connectivity index (χ1) is 16.3. The number of piperidine rings is 1. The van der Waals surface area contributed by atoms with Gasteiger partial charge in [-0.2, -0.15) is 0 Å². The van der Waals surface area contributed by atoms with Crippen molar-refractivity contribution in [3.8, 4) is 0 Å². The topological polar surface area (TPSA) is 130 Å². The highest BCUT2D eigenvalue weighted by atomic mass is 32.2. The highest BCUT2D eigenvalue weighted by Gasteiger charge is 2.45. The largest absolute Gasteiger partial charge is 0.480 e. The second-order valence-electron chi connectivity index (χ2n) is 8.30. The van der Waals surface area contributed by atoms with E-state index in [0.717, 1.165) is 5.56 Å². The molecule has 2 fully saturated rings. The third-order valence-electron chi connectivity index (χ3n) is 6.05. The van der Waals surface area contributed by atoms with E-state index >= 15 is 0 Å². The summed E-state index contributed by atoms with van der Waals surface area (Å²) in [6.07, 6.45) is 2.11. The zero-order chi connectivity index (χ0) is 24.7. The van der Waals surface area contributed by atoms with Gasteiger partial charge in [-0.15, -0.1) is 11.8 Å². The molecule has 2 saturated heterocycles. The zero-order valence-electron chi connectivity index (χ0n) is 19.0. The lowest BCUT2D eigenvalue weighted by atomic mass is 10.00. The quantitative estimate of drug-likeness (QED) is 0.476. The van der Waals surface area contributed by atoms with Crippen LogP contribution in [0, 0.1) is 0 Å². The second kappa shape index (κ2) is 12.3. The van der Waals surface area contributed by atoms with Gasteiger partial charge in [-0.3, -0.25) is 18.6 Å². The first kappa shape index (κ1) is 26.2. The summed E-state index contributed by atoms with van der Waals surface area (Å²) in [5.41, 5.74) is 0.934. The van der Waals surface area contributed by atoms with Crippen molar-refractivity contribution in [2.75, 3.05) is 18.6 Å². The zero-order valence-corrected chi connectivity index (χ0v) is 20.6. The normalized spacial score (nSPS) is 25.6. The number of nitrogens with one attached hydrogen (secondary N) is 1. The number of methoxy groups -OCH3 is 1. The average molecular weight is 511 g/mol. The second-order valence-corrected chi connectivity index (χ2v) is 11.3. The van der Waals surface area contributed by atoms with E-state index in [1.54, 1.807) is 0 Å². The minimum atomic E-state index is -1.39. The molecule has 1 aromatic rings. The highest BCUT2D eigenvalue weighted by Crippen LogP contribution is 2.30. The molecule has 0 spiro atoms. The van der Waals surface area contributed by atoms with Gasteiger partial charge in [-0.1, -0.05) is 30.3 Å². The summed E-state index contributed by atoms with van der Waals surface area (Å²) < 4.78 is 17.4. The number of esters is 1. The van der Waals surface area contributed by atoms with Crippen LogP contribution in [0.5, 0.6) is 0 Å². The number of rotatable bonds is 9. The van der Waals surface area contributed by atoms with Gasteiger partial charge < -0.3 is 20.1 Å². The fourth-order valence-electron chi connectivity index (χ4n) is 4.27. The Balaban J connectivity index is 1.75. The molecule has 2 amide bonds. The third kappa shape index (κ3) is 6.59. The Labute approximate surface area is 205 Å². The number of hydrogen-bond donors (Lipinski definition) is 2. The maximum atomic E-state index is 13.3. The van der Waals surface area contributed by atoms with Gasteiger partial charge in [-0.25, -0.2) is 4.79 Å². The molecule has 0 bridgehead atoms. The van der Waals surface area contributed by atoms with Crippen LogP contribution < -0.4 is 5.32 Å². The molecule has 2 N–H and O–H groups in total. The molecule has 0 radical (unpaired) electrons. The van der Waals surface area contributed by atoms with Gasteiger partial charge in [0.05, 0.1) is 18.8 Å². The van der Waals surface area contributed by atoms with Gasteiger partial charge in [-0.05, 0) is 37.7 Å².